The monoisotopic (exact) mass is 716 g/mol. The van der Waals surface area contributed by atoms with E-state index in [4.69, 9.17) is 27.0 Å². The molecule has 19 nitrogen and oxygen atoms in total. The third-order valence-electron chi connectivity index (χ3n) is 6.89. The molecule has 1 aromatic heterocycles. The van der Waals surface area contributed by atoms with Gasteiger partial charge in [0.25, 0.3) is 15.7 Å². The van der Waals surface area contributed by atoms with Gasteiger partial charge in [-0.1, -0.05) is 17.7 Å². The lowest BCUT2D eigenvalue weighted by atomic mass is 10.00. The molecule has 4 rings (SSSR count). The third-order valence-corrected chi connectivity index (χ3v) is 11.8. The molecule has 2 aliphatic heterocycles. The van der Waals surface area contributed by atoms with Crippen molar-refractivity contribution >= 4 is 25.3 Å². The summed E-state index contributed by atoms with van der Waals surface area (Å²) in [6.45, 7) is 1.86. The maximum absolute atomic E-state index is 13.1. The second kappa shape index (κ2) is 14.2. The zero-order valence-electron chi connectivity index (χ0n) is 24.5. The van der Waals surface area contributed by atoms with Crippen LogP contribution in [-0.2, 0) is 46.3 Å². The number of nitrogens with zero attached hydrogens (tertiary/aromatic N) is 1. The van der Waals surface area contributed by atoms with Crippen LogP contribution in [0.1, 0.15) is 11.8 Å². The van der Waals surface area contributed by atoms with E-state index in [1.54, 1.807) is 6.92 Å². The molecule has 11 atom stereocenters. The molecule has 3 heterocycles. The summed E-state index contributed by atoms with van der Waals surface area (Å²) >= 11 is 0. The smallest absolute Gasteiger partial charge is 0.337 e. The van der Waals surface area contributed by atoms with E-state index in [1.807, 2.05) is 4.98 Å². The molecule has 0 bridgehead atoms. The minimum atomic E-state index is -4.51. The van der Waals surface area contributed by atoms with Crippen molar-refractivity contribution in [2.45, 2.75) is 67.1 Å². The lowest BCUT2D eigenvalue weighted by molar-refractivity contribution is -0.277. The largest absolute Gasteiger partial charge is 0.387 e. The molecule has 2 fully saturated rings. The molecule has 258 valence electrons. The van der Waals surface area contributed by atoms with Crippen LogP contribution in [-0.4, -0.2) is 119 Å². The normalized spacial score (nSPS) is 32.9. The Hall–Kier alpha value is -2.13. The average molecular weight is 717 g/mol. The van der Waals surface area contributed by atoms with Crippen molar-refractivity contribution in [1.82, 2.24) is 9.55 Å². The maximum atomic E-state index is 13.1. The molecule has 1 aromatic carbocycles. The van der Waals surface area contributed by atoms with Gasteiger partial charge in [-0.3, -0.25) is 32.2 Å². The minimum absolute atomic E-state index is 0.201. The summed E-state index contributed by atoms with van der Waals surface area (Å²) in [7, 11) is -13.2. The maximum Gasteiger partial charge on any atom is 0.337 e. The molecule has 0 amide bonds. The zero-order valence-corrected chi connectivity index (χ0v) is 27.1. The van der Waals surface area contributed by atoms with E-state index in [9.17, 15) is 52.7 Å². The quantitative estimate of drug-likeness (QED) is 0.106. The fraction of sp³-hybridized carbons (Fsp3) is 0.583. The first kappa shape index (κ1) is 36.7. The van der Waals surface area contributed by atoms with Crippen LogP contribution in [0, 0.1) is 6.92 Å². The van der Waals surface area contributed by atoms with Crippen molar-refractivity contribution in [3.8, 4) is 0 Å². The summed E-state index contributed by atoms with van der Waals surface area (Å²) in [5.74, 6) is 0. The average Bonchev–Trinajstić information content (AvgIpc) is 3.24. The fourth-order valence-electron chi connectivity index (χ4n) is 4.51. The van der Waals surface area contributed by atoms with Crippen molar-refractivity contribution in [1.29, 1.82) is 0 Å². The van der Waals surface area contributed by atoms with Crippen LogP contribution >= 0.6 is 15.2 Å². The summed E-state index contributed by atoms with van der Waals surface area (Å²) in [5.41, 5.74) is -0.866. The minimum Gasteiger partial charge on any atom is -0.387 e. The number of nitrogens with one attached hydrogen (secondary N) is 1. The molecule has 22 heteroatoms. The van der Waals surface area contributed by atoms with E-state index in [0.29, 0.717) is 0 Å². The zero-order chi connectivity index (χ0) is 34.2. The van der Waals surface area contributed by atoms with Gasteiger partial charge in [-0.05, 0) is 19.1 Å². The van der Waals surface area contributed by atoms with Crippen LogP contribution in [0.25, 0.3) is 0 Å². The van der Waals surface area contributed by atoms with Gasteiger partial charge in [0.1, 0.15) is 42.7 Å². The molecular weight excluding hydrogens is 682 g/mol. The second-order valence-corrected chi connectivity index (χ2v) is 16.5. The van der Waals surface area contributed by atoms with Crippen LogP contribution in [0.3, 0.4) is 0 Å². The molecule has 2 saturated heterocycles. The highest BCUT2D eigenvalue weighted by atomic mass is 32.2. The van der Waals surface area contributed by atoms with Gasteiger partial charge in [-0.2, -0.15) is 8.42 Å². The van der Waals surface area contributed by atoms with Gasteiger partial charge in [0.05, 0.1) is 18.1 Å². The van der Waals surface area contributed by atoms with Gasteiger partial charge >= 0.3 is 20.9 Å². The highest BCUT2D eigenvalue weighted by molar-refractivity contribution is 7.86. The van der Waals surface area contributed by atoms with Crippen molar-refractivity contribution < 1.29 is 70.1 Å². The molecule has 0 radical (unpaired) electrons. The number of rotatable bonds is 12. The predicted molar refractivity (Wildman–Crippen MR) is 153 cm³/mol. The van der Waals surface area contributed by atoms with E-state index in [0.717, 1.165) is 35.7 Å². The van der Waals surface area contributed by atoms with Gasteiger partial charge in [0.2, 0.25) is 0 Å². The molecule has 6 N–H and O–H groups in total. The number of aliphatic hydroxyl groups excluding tert-OH is 5. The highest BCUT2D eigenvalue weighted by Gasteiger charge is 2.48. The van der Waals surface area contributed by atoms with Crippen LogP contribution in [0.4, 0.5) is 0 Å². The topological polar surface area (TPSA) is 280 Å². The first-order chi connectivity index (χ1) is 21.3. The molecule has 46 heavy (non-hydrogen) atoms. The van der Waals surface area contributed by atoms with Gasteiger partial charge in [0.15, 0.2) is 12.5 Å². The Bertz CT molecular complexity index is 1700. The lowest BCUT2D eigenvalue weighted by Crippen LogP contribution is -2.59. The predicted octanol–water partition coefficient (Wildman–Crippen LogP) is -1.63. The number of aromatic amines is 1. The van der Waals surface area contributed by atoms with Gasteiger partial charge in [-0.25, -0.2) is 9.11 Å². The number of hydrogen-bond donors (Lipinski definition) is 6. The van der Waals surface area contributed by atoms with Crippen molar-refractivity contribution in [2.24, 2.45) is 0 Å². The number of benzene rings is 1. The molecule has 0 aliphatic carbocycles. The van der Waals surface area contributed by atoms with Crippen molar-refractivity contribution in [3.05, 3.63) is 62.9 Å². The van der Waals surface area contributed by atoms with E-state index >= 15 is 0 Å². The van der Waals surface area contributed by atoms with E-state index in [1.165, 1.54) is 24.3 Å². The van der Waals surface area contributed by atoms with Crippen LogP contribution in [0.5, 0.6) is 0 Å². The Balaban J connectivity index is 1.36. The number of ether oxygens (including phenoxy) is 2. The summed E-state index contributed by atoms with van der Waals surface area (Å²) in [6, 6.07) is 6.62. The molecular formula is C24H34N2O17P2S. The summed E-state index contributed by atoms with van der Waals surface area (Å²) in [5, 5.41) is 51.7. The van der Waals surface area contributed by atoms with E-state index < -0.39 is 105 Å². The Labute approximate surface area is 261 Å². The molecule has 6 unspecified atom stereocenters. The van der Waals surface area contributed by atoms with E-state index in [2.05, 4.69) is 0 Å². The summed E-state index contributed by atoms with van der Waals surface area (Å²) < 4.78 is 83.1. The molecule has 2 aromatic rings. The summed E-state index contributed by atoms with van der Waals surface area (Å²) in [4.78, 5) is 25.1. The Kier molecular flexibility index (Phi) is 11.3. The highest BCUT2D eigenvalue weighted by Crippen LogP contribution is 2.62. The standard InChI is InChI=1S/C24H34N2O17P2S/c1-12-4-6-13(7-5-12)46(36,37)39-11-15-17(28)19(30)21(32)23(41-15)42-45(3,35)43-44(2,34)38-10-14-18(29)20(31)22(40-14)26-9-8-16(27)25-24(26)33/h4-9,14-15,17-23,28-32H,10-11H2,1-3H3,(H,25,27,33)/t14?,15?,17-,18+,19-,20+,21?,22?,23-,44?,45?/m0/s1. The lowest BCUT2D eigenvalue weighted by Gasteiger charge is -2.40. The Morgan fingerprint density at radius 1 is 0.848 bits per heavy atom. The van der Waals surface area contributed by atoms with E-state index in [-0.39, 0.29) is 4.90 Å². The van der Waals surface area contributed by atoms with Crippen molar-refractivity contribution in [3.63, 3.8) is 0 Å². The molecule has 2 aliphatic rings. The number of aliphatic hydroxyl groups is 5. The first-order valence-electron chi connectivity index (χ1n) is 13.5. The fourth-order valence-corrected chi connectivity index (χ4v) is 8.89. The number of H-pyrrole nitrogens is 1. The Morgan fingerprint density at radius 2 is 1.46 bits per heavy atom. The number of aromatic nitrogens is 2. The third kappa shape index (κ3) is 8.66. The Morgan fingerprint density at radius 3 is 2.09 bits per heavy atom. The first-order valence-corrected chi connectivity index (χ1v) is 18.9. The van der Waals surface area contributed by atoms with Crippen LogP contribution in [0.15, 0.2) is 51.0 Å². The number of hydrogen-bond acceptors (Lipinski definition) is 17. The molecule has 0 spiro atoms. The molecule has 0 saturated carbocycles. The van der Waals surface area contributed by atoms with Gasteiger partial charge in [0, 0.05) is 25.6 Å². The van der Waals surface area contributed by atoms with Gasteiger partial charge < -0.3 is 39.5 Å². The summed E-state index contributed by atoms with van der Waals surface area (Å²) in [6.07, 6.45) is -14.7. The van der Waals surface area contributed by atoms with Gasteiger partial charge in [-0.15, -0.1) is 0 Å². The SMILES string of the molecule is Cc1ccc(S(=O)(=O)OCC2O[C@@H](OP(C)(=O)OP(C)(=O)OCC3OC(n4ccc(=O)[nH]c4=O)[C@H](O)[C@@H]3O)C(O)[C@@H](O)[C@H]2O)cc1. The van der Waals surface area contributed by atoms with Crippen LogP contribution < -0.4 is 11.2 Å². The van der Waals surface area contributed by atoms with Crippen LogP contribution in [0.2, 0.25) is 0 Å². The van der Waals surface area contributed by atoms with Crippen molar-refractivity contribution in [2.75, 3.05) is 26.5 Å². The number of aryl methyl sites for hydroxylation is 1. The second-order valence-electron chi connectivity index (χ2n) is 10.7.